The molecule has 0 amide bonds. The van der Waals surface area contributed by atoms with E-state index in [9.17, 15) is 4.39 Å². The molecule has 19 heavy (non-hydrogen) atoms. The minimum absolute atomic E-state index is 0.0704. The predicted molar refractivity (Wildman–Crippen MR) is 67.4 cm³/mol. The number of oxime groups is 1. The first-order valence-corrected chi connectivity index (χ1v) is 6.12. The first-order chi connectivity index (χ1) is 9.13. The van der Waals surface area contributed by atoms with Gasteiger partial charge in [0.25, 0.3) is 0 Å². The zero-order chi connectivity index (χ0) is 13.7. The van der Waals surface area contributed by atoms with Gasteiger partial charge in [0, 0.05) is 6.42 Å². The van der Waals surface area contributed by atoms with E-state index in [0.717, 1.165) is 5.56 Å². The third-order valence-corrected chi connectivity index (χ3v) is 3.10. The summed E-state index contributed by atoms with van der Waals surface area (Å²) in [5.41, 5.74) is 6.50. The molecule has 6 heteroatoms. The van der Waals surface area contributed by atoms with Gasteiger partial charge in [-0.2, -0.15) is 0 Å². The lowest BCUT2D eigenvalue weighted by Gasteiger charge is -2.26. The Kier molecular flexibility index (Phi) is 4.34. The molecule has 0 atom stereocenters. The van der Waals surface area contributed by atoms with Crippen molar-refractivity contribution in [3.8, 4) is 0 Å². The molecule has 0 saturated carbocycles. The van der Waals surface area contributed by atoms with E-state index in [1.807, 2.05) is 0 Å². The molecule has 0 aromatic heterocycles. The van der Waals surface area contributed by atoms with Crippen LogP contribution in [0.25, 0.3) is 0 Å². The van der Waals surface area contributed by atoms with Gasteiger partial charge in [0.1, 0.15) is 11.7 Å². The summed E-state index contributed by atoms with van der Waals surface area (Å²) >= 11 is 0. The summed E-state index contributed by atoms with van der Waals surface area (Å²) in [6.45, 7) is 0.976. The van der Waals surface area contributed by atoms with Gasteiger partial charge in [-0.05, 0) is 24.1 Å². The highest BCUT2D eigenvalue weighted by Crippen LogP contribution is 2.29. The third-order valence-electron chi connectivity index (χ3n) is 3.10. The SMILES string of the molecule is N/C(CC1(CCc2ccc(F)cc2)OCCO1)=N\O. The number of benzene rings is 1. The summed E-state index contributed by atoms with van der Waals surface area (Å²) in [6, 6.07) is 6.28. The van der Waals surface area contributed by atoms with E-state index in [2.05, 4.69) is 5.16 Å². The van der Waals surface area contributed by atoms with Crippen molar-refractivity contribution in [2.75, 3.05) is 13.2 Å². The maximum absolute atomic E-state index is 12.8. The van der Waals surface area contributed by atoms with Gasteiger partial charge < -0.3 is 20.4 Å². The van der Waals surface area contributed by atoms with Crippen molar-refractivity contribution in [1.82, 2.24) is 0 Å². The summed E-state index contributed by atoms with van der Waals surface area (Å²) in [5.74, 6) is -1.03. The molecule has 1 fully saturated rings. The van der Waals surface area contributed by atoms with Crippen LogP contribution < -0.4 is 5.73 Å². The molecule has 1 aliphatic heterocycles. The fourth-order valence-electron chi connectivity index (χ4n) is 2.13. The highest BCUT2D eigenvalue weighted by atomic mass is 19.1. The topological polar surface area (TPSA) is 77.1 Å². The Balaban J connectivity index is 1.99. The quantitative estimate of drug-likeness (QED) is 0.368. The summed E-state index contributed by atoms with van der Waals surface area (Å²) in [5, 5.41) is 11.6. The van der Waals surface area contributed by atoms with Crippen LogP contribution in [0.3, 0.4) is 0 Å². The van der Waals surface area contributed by atoms with Crippen LogP contribution >= 0.6 is 0 Å². The van der Waals surface area contributed by atoms with Crippen molar-refractivity contribution in [1.29, 1.82) is 0 Å². The highest BCUT2D eigenvalue weighted by Gasteiger charge is 2.37. The van der Waals surface area contributed by atoms with E-state index in [4.69, 9.17) is 20.4 Å². The van der Waals surface area contributed by atoms with Crippen molar-refractivity contribution in [2.24, 2.45) is 10.9 Å². The third kappa shape index (κ3) is 3.65. The van der Waals surface area contributed by atoms with Crippen LogP contribution in [0, 0.1) is 5.82 Å². The van der Waals surface area contributed by atoms with Crippen molar-refractivity contribution in [2.45, 2.75) is 25.0 Å². The molecule has 2 rings (SSSR count). The molecule has 0 aliphatic carbocycles. The normalized spacial score (nSPS) is 18.7. The average molecular weight is 268 g/mol. The smallest absolute Gasteiger partial charge is 0.175 e. The predicted octanol–water partition coefficient (Wildman–Crippen LogP) is 1.64. The summed E-state index contributed by atoms with van der Waals surface area (Å²) in [4.78, 5) is 0. The number of hydrogen-bond acceptors (Lipinski definition) is 4. The second-order valence-corrected chi connectivity index (χ2v) is 4.50. The van der Waals surface area contributed by atoms with Crippen LogP contribution in [0.1, 0.15) is 18.4 Å². The molecule has 0 bridgehead atoms. The van der Waals surface area contributed by atoms with Crippen LogP contribution in [-0.4, -0.2) is 30.0 Å². The number of hydrogen-bond donors (Lipinski definition) is 2. The van der Waals surface area contributed by atoms with Gasteiger partial charge in [-0.25, -0.2) is 4.39 Å². The van der Waals surface area contributed by atoms with Crippen molar-refractivity contribution in [3.63, 3.8) is 0 Å². The van der Waals surface area contributed by atoms with E-state index in [1.54, 1.807) is 12.1 Å². The maximum atomic E-state index is 12.8. The molecule has 1 aromatic carbocycles. The zero-order valence-electron chi connectivity index (χ0n) is 10.5. The number of nitrogens with two attached hydrogens (primary N) is 1. The molecule has 1 aliphatic rings. The fraction of sp³-hybridized carbons (Fsp3) is 0.462. The van der Waals surface area contributed by atoms with Gasteiger partial charge in [0.15, 0.2) is 5.79 Å². The van der Waals surface area contributed by atoms with Gasteiger partial charge in [-0.15, -0.1) is 0 Å². The van der Waals surface area contributed by atoms with Gasteiger partial charge >= 0.3 is 0 Å². The summed E-state index contributed by atoms with van der Waals surface area (Å²) < 4.78 is 24.0. The Morgan fingerprint density at radius 2 is 1.95 bits per heavy atom. The largest absolute Gasteiger partial charge is 0.409 e. The molecule has 0 spiro atoms. The second-order valence-electron chi connectivity index (χ2n) is 4.50. The van der Waals surface area contributed by atoms with E-state index < -0.39 is 5.79 Å². The number of amidine groups is 1. The summed E-state index contributed by atoms with van der Waals surface area (Å²) in [7, 11) is 0. The van der Waals surface area contributed by atoms with Crippen LogP contribution in [-0.2, 0) is 15.9 Å². The molecule has 1 saturated heterocycles. The summed E-state index contributed by atoms with van der Waals surface area (Å²) in [6.07, 6.45) is 1.44. The number of ether oxygens (including phenoxy) is 2. The standard InChI is InChI=1S/C13H17FN2O3/c14-11-3-1-10(2-4-11)5-6-13(9-12(15)16-17)18-7-8-19-13/h1-4,17H,5-9H2,(H2,15,16). The first kappa shape index (κ1) is 13.8. The minimum atomic E-state index is -0.843. The molecule has 0 unspecified atom stereocenters. The molecule has 5 nitrogen and oxygen atoms in total. The van der Waals surface area contributed by atoms with Crippen molar-refractivity contribution in [3.05, 3.63) is 35.6 Å². The molecular weight excluding hydrogens is 251 g/mol. The Bertz CT molecular complexity index is 442. The van der Waals surface area contributed by atoms with E-state index in [0.29, 0.717) is 26.1 Å². The molecule has 3 N–H and O–H groups in total. The fourth-order valence-corrected chi connectivity index (χ4v) is 2.13. The Morgan fingerprint density at radius 1 is 1.32 bits per heavy atom. The van der Waals surface area contributed by atoms with Gasteiger partial charge in [0.05, 0.1) is 19.6 Å². The van der Waals surface area contributed by atoms with Gasteiger partial charge in [-0.3, -0.25) is 0 Å². The first-order valence-electron chi connectivity index (χ1n) is 6.12. The highest BCUT2D eigenvalue weighted by molar-refractivity contribution is 5.80. The molecular formula is C13H17FN2O3. The van der Waals surface area contributed by atoms with Crippen LogP contribution in [0.4, 0.5) is 4.39 Å². The minimum Gasteiger partial charge on any atom is -0.409 e. The van der Waals surface area contributed by atoms with E-state index in [1.165, 1.54) is 12.1 Å². The Hall–Kier alpha value is -1.66. The second kappa shape index (κ2) is 5.99. The number of halogens is 1. The van der Waals surface area contributed by atoms with E-state index >= 15 is 0 Å². The molecule has 0 radical (unpaired) electrons. The monoisotopic (exact) mass is 268 g/mol. The zero-order valence-corrected chi connectivity index (χ0v) is 10.5. The lowest BCUT2D eigenvalue weighted by Crippen LogP contribution is -2.36. The maximum Gasteiger partial charge on any atom is 0.175 e. The lowest BCUT2D eigenvalue weighted by atomic mass is 10.0. The van der Waals surface area contributed by atoms with Crippen molar-refractivity contribution < 1.29 is 19.1 Å². The van der Waals surface area contributed by atoms with Crippen LogP contribution in [0.5, 0.6) is 0 Å². The number of aryl methyl sites for hydroxylation is 1. The Morgan fingerprint density at radius 3 is 2.53 bits per heavy atom. The molecule has 1 aromatic rings. The molecule has 1 heterocycles. The lowest BCUT2D eigenvalue weighted by molar-refractivity contribution is -0.155. The van der Waals surface area contributed by atoms with Gasteiger partial charge in [0.2, 0.25) is 0 Å². The molecule has 104 valence electrons. The number of rotatable bonds is 5. The van der Waals surface area contributed by atoms with Crippen LogP contribution in [0.2, 0.25) is 0 Å². The average Bonchev–Trinajstić information content (AvgIpc) is 2.87. The number of nitrogens with zero attached hydrogens (tertiary/aromatic N) is 1. The Labute approximate surface area is 110 Å². The van der Waals surface area contributed by atoms with Gasteiger partial charge in [-0.1, -0.05) is 17.3 Å². The van der Waals surface area contributed by atoms with Crippen molar-refractivity contribution >= 4 is 5.84 Å². The van der Waals surface area contributed by atoms with Crippen LogP contribution in [0.15, 0.2) is 29.4 Å². The van der Waals surface area contributed by atoms with E-state index in [-0.39, 0.29) is 18.1 Å².